The molecule has 2 atom stereocenters. The Balaban J connectivity index is 2.00. The summed E-state index contributed by atoms with van der Waals surface area (Å²) in [5.41, 5.74) is 0.831. The third kappa shape index (κ3) is 7.33. The number of rotatable bonds is 11. The molecule has 0 aliphatic rings. The van der Waals surface area contributed by atoms with Gasteiger partial charge in [-0.25, -0.2) is 12.8 Å². The van der Waals surface area contributed by atoms with E-state index in [1.165, 1.54) is 65.6 Å². The van der Waals surface area contributed by atoms with Crippen LogP contribution in [-0.4, -0.2) is 43.8 Å². The fourth-order valence-electron chi connectivity index (χ4n) is 3.69. The first-order valence-electron chi connectivity index (χ1n) is 12.2. The monoisotopic (exact) mass is 559 g/mol. The van der Waals surface area contributed by atoms with Gasteiger partial charge in [-0.15, -0.1) is 0 Å². The smallest absolute Gasteiger partial charge is 0.264 e. The quantitative estimate of drug-likeness (QED) is 0.358. The maximum Gasteiger partial charge on any atom is 0.264 e. The average Bonchev–Trinajstić information content (AvgIpc) is 2.91. The van der Waals surface area contributed by atoms with Gasteiger partial charge in [0.05, 0.1) is 10.6 Å². The summed E-state index contributed by atoms with van der Waals surface area (Å²) in [4.78, 5) is 28.1. The van der Waals surface area contributed by atoms with Crippen LogP contribution < -0.4 is 9.62 Å². The number of hydrogen-bond acceptors (Lipinski definition) is 4. The molecule has 0 saturated carbocycles. The molecular weight excluding hydrogens is 529 g/mol. The van der Waals surface area contributed by atoms with Crippen LogP contribution in [0.3, 0.4) is 0 Å². The lowest BCUT2D eigenvalue weighted by Crippen LogP contribution is -2.52. The molecule has 7 nitrogen and oxygen atoms in total. The largest absolute Gasteiger partial charge is 0.352 e. The lowest BCUT2D eigenvalue weighted by atomic mass is 10.1. The van der Waals surface area contributed by atoms with E-state index in [9.17, 15) is 22.4 Å². The van der Waals surface area contributed by atoms with Crippen molar-refractivity contribution in [3.63, 3.8) is 0 Å². The first-order valence-corrected chi connectivity index (χ1v) is 14.0. The number of anilines is 1. The van der Waals surface area contributed by atoms with Crippen molar-refractivity contribution >= 4 is 39.1 Å². The lowest BCUT2D eigenvalue weighted by molar-refractivity contribution is -0.139. The number of benzene rings is 3. The Morgan fingerprint density at radius 1 is 0.947 bits per heavy atom. The molecule has 0 unspecified atom stereocenters. The summed E-state index contributed by atoms with van der Waals surface area (Å²) in [7, 11) is -4.15. The molecule has 0 radical (unpaired) electrons. The normalized spacial score (nSPS) is 12.9. The minimum Gasteiger partial charge on any atom is -0.352 e. The molecule has 0 saturated heterocycles. The standard InChI is InChI=1S/C28H31ClFN3O4S/c1-4-20(2)31-28(35)21(3)32(18-22-10-14-24(30)15-11-22)27(34)19-33(25-16-12-23(29)13-17-25)38(36,37)26-8-6-5-7-9-26/h5-17,20-21H,4,18-19H2,1-3H3,(H,31,35)/t20-,21-/m1/s1. The second-order valence-corrected chi connectivity index (χ2v) is 11.2. The van der Waals surface area contributed by atoms with Crippen molar-refractivity contribution in [2.75, 3.05) is 10.8 Å². The third-order valence-corrected chi connectivity index (χ3v) is 8.20. The number of halogens is 2. The van der Waals surface area contributed by atoms with E-state index in [1.54, 1.807) is 25.1 Å². The highest BCUT2D eigenvalue weighted by molar-refractivity contribution is 7.92. The first kappa shape index (κ1) is 29.1. The Kier molecular flexibility index (Phi) is 9.88. The van der Waals surface area contributed by atoms with Crippen LogP contribution in [0.1, 0.15) is 32.8 Å². The fraction of sp³-hybridized carbons (Fsp3) is 0.286. The van der Waals surface area contributed by atoms with Crippen LogP contribution in [0.15, 0.2) is 83.8 Å². The number of carbonyl (C=O) groups is 2. The fourth-order valence-corrected chi connectivity index (χ4v) is 5.25. The SMILES string of the molecule is CC[C@@H](C)NC(=O)[C@@H](C)N(Cc1ccc(F)cc1)C(=O)CN(c1ccc(Cl)cc1)S(=O)(=O)c1ccccc1. The van der Waals surface area contributed by atoms with Gasteiger partial charge in [0.1, 0.15) is 18.4 Å². The number of sulfonamides is 1. The van der Waals surface area contributed by atoms with Crippen molar-refractivity contribution in [1.82, 2.24) is 10.2 Å². The predicted octanol–water partition coefficient (Wildman–Crippen LogP) is 5.01. The van der Waals surface area contributed by atoms with Gasteiger partial charge < -0.3 is 10.2 Å². The molecule has 10 heteroatoms. The lowest BCUT2D eigenvalue weighted by Gasteiger charge is -2.32. The molecule has 3 aromatic rings. The van der Waals surface area contributed by atoms with E-state index in [4.69, 9.17) is 11.6 Å². The summed E-state index contributed by atoms with van der Waals surface area (Å²) in [5.74, 6) is -1.41. The molecule has 0 aliphatic heterocycles. The van der Waals surface area contributed by atoms with Crippen LogP contribution in [0.2, 0.25) is 5.02 Å². The molecule has 3 aromatic carbocycles. The van der Waals surface area contributed by atoms with Gasteiger partial charge in [0.15, 0.2) is 0 Å². The van der Waals surface area contributed by atoms with E-state index in [0.29, 0.717) is 17.0 Å². The van der Waals surface area contributed by atoms with E-state index < -0.39 is 34.3 Å². The summed E-state index contributed by atoms with van der Waals surface area (Å²) in [6.45, 7) is 4.77. The molecule has 0 fully saturated rings. The van der Waals surface area contributed by atoms with Crippen LogP contribution in [0.4, 0.5) is 10.1 Å². The third-order valence-electron chi connectivity index (χ3n) is 6.16. The minimum atomic E-state index is -4.15. The number of hydrogen-bond donors (Lipinski definition) is 1. The second kappa shape index (κ2) is 12.9. The van der Waals surface area contributed by atoms with Crippen molar-refractivity contribution in [1.29, 1.82) is 0 Å². The van der Waals surface area contributed by atoms with Gasteiger partial charge in [0.25, 0.3) is 10.0 Å². The number of carbonyl (C=O) groups excluding carboxylic acids is 2. The molecular formula is C28H31ClFN3O4S. The van der Waals surface area contributed by atoms with Crippen molar-refractivity contribution in [3.8, 4) is 0 Å². The van der Waals surface area contributed by atoms with E-state index >= 15 is 0 Å². The molecule has 38 heavy (non-hydrogen) atoms. The zero-order valence-corrected chi connectivity index (χ0v) is 23.0. The van der Waals surface area contributed by atoms with E-state index in [-0.39, 0.29) is 29.1 Å². The molecule has 0 heterocycles. The topological polar surface area (TPSA) is 86.8 Å². The van der Waals surface area contributed by atoms with Gasteiger partial charge in [0, 0.05) is 17.6 Å². The van der Waals surface area contributed by atoms with Crippen molar-refractivity contribution in [2.24, 2.45) is 0 Å². The Morgan fingerprint density at radius 2 is 1.55 bits per heavy atom. The van der Waals surface area contributed by atoms with Crippen LogP contribution in [-0.2, 0) is 26.2 Å². The average molecular weight is 560 g/mol. The summed E-state index contributed by atoms with van der Waals surface area (Å²) in [6.07, 6.45) is 0.698. The summed E-state index contributed by atoms with van der Waals surface area (Å²) in [5, 5.41) is 3.28. The Bertz CT molecular complexity index is 1340. The highest BCUT2D eigenvalue weighted by Crippen LogP contribution is 2.26. The van der Waals surface area contributed by atoms with Gasteiger partial charge >= 0.3 is 0 Å². The molecule has 0 aliphatic carbocycles. The summed E-state index contributed by atoms with van der Waals surface area (Å²) >= 11 is 6.02. The Labute approximate surface area is 228 Å². The second-order valence-electron chi connectivity index (χ2n) is 8.94. The van der Waals surface area contributed by atoms with Crippen LogP contribution in [0.25, 0.3) is 0 Å². The predicted molar refractivity (Wildman–Crippen MR) is 147 cm³/mol. The van der Waals surface area contributed by atoms with Gasteiger partial charge in [0.2, 0.25) is 11.8 Å². The summed E-state index contributed by atoms with van der Waals surface area (Å²) < 4.78 is 41.8. The van der Waals surface area contributed by atoms with Crippen molar-refractivity contribution in [2.45, 2.75) is 50.7 Å². The van der Waals surface area contributed by atoms with Crippen LogP contribution in [0, 0.1) is 5.82 Å². The van der Waals surface area contributed by atoms with E-state index in [1.807, 2.05) is 13.8 Å². The molecule has 2 amide bonds. The van der Waals surface area contributed by atoms with Gasteiger partial charge in [-0.3, -0.25) is 13.9 Å². The van der Waals surface area contributed by atoms with E-state index in [0.717, 1.165) is 4.31 Å². The minimum absolute atomic E-state index is 0.00963. The zero-order valence-electron chi connectivity index (χ0n) is 21.5. The zero-order chi connectivity index (χ0) is 27.9. The first-order chi connectivity index (χ1) is 18.0. The maximum absolute atomic E-state index is 13.8. The molecule has 202 valence electrons. The molecule has 0 aromatic heterocycles. The highest BCUT2D eigenvalue weighted by Gasteiger charge is 2.32. The Morgan fingerprint density at radius 3 is 2.13 bits per heavy atom. The van der Waals surface area contributed by atoms with Gasteiger partial charge in [-0.1, -0.05) is 48.9 Å². The number of amides is 2. The highest BCUT2D eigenvalue weighted by atomic mass is 35.5. The number of nitrogens with one attached hydrogen (secondary N) is 1. The van der Waals surface area contributed by atoms with Crippen LogP contribution >= 0.6 is 11.6 Å². The molecule has 1 N–H and O–H groups in total. The summed E-state index contributed by atoms with van der Waals surface area (Å²) in [6, 6.07) is 18.4. The van der Waals surface area contributed by atoms with Gasteiger partial charge in [-0.05, 0) is 74.4 Å². The van der Waals surface area contributed by atoms with Crippen LogP contribution in [0.5, 0.6) is 0 Å². The number of nitrogens with zero attached hydrogens (tertiary/aromatic N) is 2. The maximum atomic E-state index is 13.8. The Hall–Kier alpha value is -3.43. The van der Waals surface area contributed by atoms with Crippen molar-refractivity contribution < 1.29 is 22.4 Å². The molecule has 0 bridgehead atoms. The van der Waals surface area contributed by atoms with E-state index in [2.05, 4.69) is 5.32 Å². The molecule has 3 rings (SSSR count). The van der Waals surface area contributed by atoms with Crippen molar-refractivity contribution in [3.05, 3.63) is 95.3 Å². The van der Waals surface area contributed by atoms with Gasteiger partial charge in [-0.2, -0.15) is 0 Å². The molecule has 0 spiro atoms.